The number of terminal acetylenes is 1. The molecule has 3 atom stereocenters. The zero-order valence-electron chi connectivity index (χ0n) is 17.7. The molecule has 4 rings (SSSR count). The fourth-order valence-electron chi connectivity index (χ4n) is 4.06. The van der Waals surface area contributed by atoms with Gasteiger partial charge in [-0.2, -0.15) is 10.2 Å². The molecular weight excluding hydrogens is 446 g/mol. The molecule has 1 aromatic rings. The van der Waals surface area contributed by atoms with Gasteiger partial charge in [0.1, 0.15) is 10.8 Å². The van der Waals surface area contributed by atoms with Crippen molar-refractivity contribution in [2.24, 2.45) is 15.2 Å². The number of amides is 1. The van der Waals surface area contributed by atoms with E-state index < -0.39 is 0 Å². The van der Waals surface area contributed by atoms with E-state index in [0.29, 0.717) is 19.4 Å². The number of rotatable bonds is 8. The Bertz CT molecular complexity index is 959. The number of likely N-dealkylation sites (N-methyl/N-ethyl adjacent to an activating group) is 1. The van der Waals surface area contributed by atoms with Crippen molar-refractivity contribution in [3.8, 4) is 18.1 Å². The Balaban J connectivity index is 1.34. The summed E-state index contributed by atoms with van der Waals surface area (Å²) >= 11 is 3.50. The minimum absolute atomic E-state index is 0.0473. The summed E-state index contributed by atoms with van der Waals surface area (Å²) in [5.41, 5.74) is 0.423. The number of hydrogen-bond donors (Lipinski definition) is 2. The smallest absolute Gasteiger partial charge is 0.238 e. The van der Waals surface area contributed by atoms with Crippen LogP contribution in [0.3, 0.4) is 0 Å². The molecule has 0 unspecified atom stereocenters. The number of nitrogens with one attached hydrogen (secondary N) is 1. The molecule has 3 aliphatic rings. The fourth-order valence-corrected chi connectivity index (χ4v) is 8.77. The van der Waals surface area contributed by atoms with Crippen molar-refractivity contribution in [2.75, 3.05) is 25.1 Å². The highest BCUT2D eigenvalue weighted by Gasteiger charge is 2.48. The Labute approximate surface area is 194 Å². The zero-order valence-corrected chi connectivity index (χ0v) is 21.4. The fraction of sp³-hybridized carbons (Fsp3) is 0.524. The Hall–Kier alpha value is -1.80. The second-order valence-electron chi connectivity index (χ2n) is 8.37. The van der Waals surface area contributed by atoms with Gasteiger partial charge in [-0.3, -0.25) is 14.7 Å². The van der Waals surface area contributed by atoms with E-state index in [1.165, 1.54) is 0 Å². The van der Waals surface area contributed by atoms with Crippen LogP contribution in [0.1, 0.15) is 24.8 Å². The van der Waals surface area contributed by atoms with Gasteiger partial charge >= 0.3 is 0 Å². The van der Waals surface area contributed by atoms with Crippen molar-refractivity contribution in [1.29, 1.82) is 0 Å². The average molecular weight is 474 g/mol. The van der Waals surface area contributed by atoms with Gasteiger partial charge in [0.15, 0.2) is 5.66 Å². The van der Waals surface area contributed by atoms with E-state index in [2.05, 4.69) is 26.4 Å². The zero-order chi connectivity index (χ0) is 22.1. The van der Waals surface area contributed by atoms with Crippen molar-refractivity contribution in [2.45, 2.75) is 41.5 Å². The second-order valence-corrected chi connectivity index (χ2v) is 12.2. The van der Waals surface area contributed by atoms with Gasteiger partial charge in [-0.05, 0) is 19.2 Å². The third-order valence-corrected chi connectivity index (χ3v) is 11.0. The molecule has 1 fully saturated rings. The van der Waals surface area contributed by atoms with E-state index in [1.54, 1.807) is 29.6 Å². The van der Waals surface area contributed by atoms with Crippen molar-refractivity contribution < 1.29 is 9.90 Å². The molecule has 1 amide bonds. The van der Waals surface area contributed by atoms with Gasteiger partial charge in [-0.1, -0.05) is 12.1 Å². The van der Waals surface area contributed by atoms with Crippen LogP contribution in [0.4, 0.5) is 0 Å². The lowest BCUT2D eigenvalue weighted by Gasteiger charge is -2.33. The number of nitrogens with zero attached hydrogens (tertiary/aromatic N) is 4. The topological polar surface area (TPSA) is 89.6 Å². The predicted molar refractivity (Wildman–Crippen MR) is 131 cm³/mol. The van der Waals surface area contributed by atoms with Crippen LogP contribution in [0.15, 0.2) is 39.5 Å². The van der Waals surface area contributed by atoms with Crippen LogP contribution in [0, 0.1) is 12.3 Å². The van der Waals surface area contributed by atoms with Crippen LogP contribution in [0.5, 0.6) is 5.75 Å². The Kier molecular flexibility index (Phi) is 6.49. The van der Waals surface area contributed by atoms with Crippen LogP contribution in [0.25, 0.3) is 0 Å². The minimum atomic E-state index is -0.368. The van der Waals surface area contributed by atoms with Crippen LogP contribution < -0.4 is 5.32 Å². The third-order valence-electron chi connectivity index (χ3n) is 5.98. The molecule has 3 aliphatic heterocycles. The summed E-state index contributed by atoms with van der Waals surface area (Å²) in [4.78, 5) is 20.1. The van der Waals surface area contributed by atoms with Gasteiger partial charge in [0.25, 0.3) is 0 Å². The van der Waals surface area contributed by atoms with Crippen molar-refractivity contribution in [1.82, 2.24) is 10.2 Å². The van der Waals surface area contributed by atoms with Crippen LogP contribution in [-0.2, 0) is 4.79 Å². The highest BCUT2D eigenvalue weighted by molar-refractivity contribution is 8.14. The summed E-state index contributed by atoms with van der Waals surface area (Å²) in [6.07, 6.45) is 7.42. The second kappa shape index (κ2) is 8.98. The largest absolute Gasteiger partial charge is 0.507 e. The minimum Gasteiger partial charge on any atom is -0.507 e. The van der Waals surface area contributed by atoms with E-state index in [0.717, 1.165) is 38.8 Å². The molecular formula is C21H27N5O2S2Si. The first-order valence-electron chi connectivity index (χ1n) is 10.4. The number of aromatic hydroxyl groups is 1. The summed E-state index contributed by atoms with van der Waals surface area (Å²) in [6, 6.07) is 7.16. The summed E-state index contributed by atoms with van der Waals surface area (Å²) in [6.45, 7) is 0.549. The first kappa shape index (κ1) is 22.4. The Morgan fingerprint density at radius 1 is 1.42 bits per heavy atom. The number of thioether (sulfide) groups is 2. The van der Waals surface area contributed by atoms with Crippen molar-refractivity contribution >= 4 is 44.7 Å². The summed E-state index contributed by atoms with van der Waals surface area (Å²) in [7, 11) is 2.89. The van der Waals surface area contributed by atoms with Crippen molar-refractivity contribution in [3.05, 3.63) is 29.8 Å². The van der Waals surface area contributed by atoms with E-state index in [9.17, 15) is 9.90 Å². The molecule has 0 saturated carbocycles. The Morgan fingerprint density at radius 2 is 2.19 bits per heavy atom. The van der Waals surface area contributed by atoms with Gasteiger partial charge in [0.2, 0.25) is 5.91 Å². The highest BCUT2D eigenvalue weighted by Crippen LogP contribution is 2.42. The van der Waals surface area contributed by atoms with Gasteiger partial charge in [-0.15, -0.1) is 35.9 Å². The molecule has 3 heterocycles. The average Bonchev–Trinajstić information content (AvgIpc) is 3.23. The maximum absolute atomic E-state index is 12.8. The summed E-state index contributed by atoms with van der Waals surface area (Å²) in [5, 5.41) is 22.4. The molecule has 0 spiro atoms. The normalized spacial score (nSPS) is 29.0. The molecule has 31 heavy (non-hydrogen) atoms. The number of carbonyl (C=O) groups excluding carboxylic acids is 1. The summed E-state index contributed by atoms with van der Waals surface area (Å²) in [5.74, 6) is 4.56. The summed E-state index contributed by atoms with van der Waals surface area (Å²) < 4.78 is 0. The maximum Gasteiger partial charge on any atom is 0.238 e. The molecule has 0 aromatic heterocycles. The van der Waals surface area contributed by atoms with Gasteiger partial charge in [0.05, 0.1) is 16.6 Å². The standard InChI is InChI=1S/C21H27N5O2S2Si/c1-3-4-9-20(24-25-20)10-11-22-17(28)15-12-29-19(26(15)2)21(31)13-30-18(23-21)14-7-5-6-8-16(14)27/h1,5-8,15,19,27H,4,9-13H2,2,31H3,(H,22,28)/t15-,19-,21-/m1/s1. The number of hydrogen-bond acceptors (Lipinski definition) is 8. The number of benzene rings is 1. The molecule has 0 radical (unpaired) electrons. The highest BCUT2D eigenvalue weighted by atomic mass is 32.2. The Morgan fingerprint density at radius 3 is 2.90 bits per heavy atom. The number of phenols is 1. The van der Waals surface area contributed by atoms with E-state index in [1.807, 2.05) is 25.2 Å². The molecule has 2 N–H and O–H groups in total. The molecule has 7 nitrogen and oxygen atoms in total. The van der Waals surface area contributed by atoms with Crippen molar-refractivity contribution in [3.63, 3.8) is 0 Å². The molecule has 0 aliphatic carbocycles. The molecule has 1 aromatic carbocycles. The number of phenolic OH excluding ortho intramolecular Hbond substituents is 1. The molecule has 164 valence electrons. The maximum atomic E-state index is 12.8. The van der Waals surface area contributed by atoms with Gasteiger partial charge in [0, 0.05) is 53.1 Å². The van der Waals surface area contributed by atoms with Crippen LogP contribution in [-0.4, -0.2) is 78.5 Å². The molecule has 1 saturated heterocycles. The number of carbonyl (C=O) groups is 1. The van der Waals surface area contributed by atoms with Crippen LogP contribution in [0.2, 0.25) is 0 Å². The van der Waals surface area contributed by atoms with Gasteiger partial charge < -0.3 is 10.4 Å². The lowest BCUT2D eigenvalue weighted by molar-refractivity contribution is -0.125. The number of aliphatic imine (C=N–C) groups is 1. The lowest BCUT2D eigenvalue weighted by atomic mass is 10.0. The number of para-hydroxylation sites is 1. The molecule has 10 heteroatoms. The van der Waals surface area contributed by atoms with E-state index in [4.69, 9.17) is 11.4 Å². The molecule has 0 bridgehead atoms. The SMILES string of the molecule is C#CCCC1(CCNC(=O)[C@H]2CS[C@H]([C@]3([SiH3])CSC(c4ccccc4O)=N3)N2C)N=N1. The third kappa shape index (κ3) is 4.70. The van der Waals surface area contributed by atoms with Crippen LogP contribution >= 0.6 is 23.5 Å². The van der Waals surface area contributed by atoms with E-state index >= 15 is 0 Å². The van der Waals surface area contributed by atoms with Gasteiger partial charge in [-0.25, -0.2) is 0 Å². The monoisotopic (exact) mass is 473 g/mol. The first-order valence-corrected chi connectivity index (χ1v) is 13.4. The first-order chi connectivity index (χ1) is 14.9. The van der Waals surface area contributed by atoms with E-state index in [-0.39, 0.29) is 33.9 Å². The predicted octanol–water partition coefficient (Wildman–Crippen LogP) is 1.40. The quantitative estimate of drug-likeness (QED) is 0.440. The lowest BCUT2D eigenvalue weighted by Crippen LogP contribution is -2.52.